The Bertz CT molecular complexity index is 818. The van der Waals surface area contributed by atoms with E-state index in [0.717, 1.165) is 46.0 Å². The molecule has 5 nitrogen and oxygen atoms in total. The lowest BCUT2D eigenvalue weighted by molar-refractivity contribution is 0.192. The molecule has 1 saturated heterocycles. The lowest BCUT2D eigenvalue weighted by atomic mass is 10.1. The largest absolute Gasteiger partial charge is 0.464 e. The summed E-state index contributed by atoms with van der Waals surface area (Å²) in [5.74, 6) is 1.56. The molecule has 4 rings (SSSR count). The molecule has 0 spiro atoms. The molecule has 0 aliphatic carbocycles. The summed E-state index contributed by atoms with van der Waals surface area (Å²) in [4.78, 5) is 4.48. The Labute approximate surface area is 132 Å². The Kier molecular flexibility index (Phi) is 3.39. The van der Waals surface area contributed by atoms with Crippen molar-refractivity contribution in [3.8, 4) is 0 Å². The molecule has 2 aromatic heterocycles. The maximum Gasteiger partial charge on any atom is 0.231 e. The summed E-state index contributed by atoms with van der Waals surface area (Å²) < 4.78 is 16.3. The molecule has 0 N–H and O–H groups in total. The average molecular weight is 319 g/mol. The van der Waals surface area contributed by atoms with Crippen molar-refractivity contribution in [2.75, 3.05) is 13.2 Å². The number of hydrogen-bond acceptors (Lipinski definition) is 5. The van der Waals surface area contributed by atoms with Crippen LogP contribution in [0.5, 0.6) is 0 Å². The van der Waals surface area contributed by atoms with Gasteiger partial charge in [-0.3, -0.25) is 0 Å². The Morgan fingerprint density at radius 3 is 3.09 bits per heavy atom. The number of rotatable bonds is 3. The number of aromatic nitrogens is 2. The topological polar surface area (TPSA) is 61.3 Å². The van der Waals surface area contributed by atoms with Crippen molar-refractivity contribution in [2.24, 2.45) is 0 Å². The Morgan fingerprint density at radius 1 is 1.36 bits per heavy atom. The van der Waals surface area contributed by atoms with Gasteiger partial charge in [-0.25, -0.2) is 0 Å². The lowest BCUT2D eigenvalue weighted by Crippen LogP contribution is -2.00. The fourth-order valence-corrected chi connectivity index (χ4v) is 2.91. The van der Waals surface area contributed by atoms with Crippen LogP contribution in [0.15, 0.2) is 27.3 Å². The van der Waals surface area contributed by atoms with Crippen molar-refractivity contribution >= 4 is 22.6 Å². The molecule has 114 valence electrons. The van der Waals surface area contributed by atoms with Crippen molar-refractivity contribution in [1.82, 2.24) is 10.1 Å². The van der Waals surface area contributed by atoms with Crippen molar-refractivity contribution < 1.29 is 13.7 Å². The van der Waals surface area contributed by atoms with Gasteiger partial charge in [-0.1, -0.05) is 16.8 Å². The molecular formula is C16H15ClN2O3. The van der Waals surface area contributed by atoms with E-state index in [9.17, 15) is 0 Å². The summed E-state index contributed by atoms with van der Waals surface area (Å²) in [5, 5.41) is 5.78. The van der Waals surface area contributed by atoms with Crippen LogP contribution < -0.4 is 0 Å². The van der Waals surface area contributed by atoms with Gasteiger partial charge in [-0.05, 0) is 31.0 Å². The summed E-state index contributed by atoms with van der Waals surface area (Å²) >= 11 is 6.20. The maximum absolute atomic E-state index is 6.20. The number of fused-ring (bicyclic) bond motifs is 1. The predicted octanol–water partition coefficient (Wildman–Crippen LogP) is 3.87. The van der Waals surface area contributed by atoms with Crippen LogP contribution >= 0.6 is 11.6 Å². The van der Waals surface area contributed by atoms with Gasteiger partial charge < -0.3 is 13.7 Å². The van der Waals surface area contributed by atoms with Gasteiger partial charge in [0.25, 0.3) is 0 Å². The van der Waals surface area contributed by atoms with E-state index in [1.54, 1.807) is 6.26 Å². The van der Waals surface area contributed by atoms with E-state index in [1.165, 1.54) is 0 Å². The molecule has 0 saturated carbocycles. The van der Waals surface area contributed by atoms with Gasteiger partial charge in [-0.2, -0.15) is 4.98 Å². The summed E-state index contributed by atoms with van der Waals surface area (Å²) in [7, 11) is 0. The highest BCUT2D eigenvalue weighted by Gasteiger charge is 2.23. The van der Waals surface area contributed by atoms with Crippen LogP contribution in [0.4, 0.5) is 0 Å². The number of benzene rings is 1. The zero-order valence-corrected chi connectivity index (χ0v) is 12.9. The zero-order chi connectivity index (χ0) is 15.1. The van der Waals surface area contributed by atoms with E-state index < -0.39 is 0 Å². The van der Waals surface area contributed by atoms with Crippen LogP contribution in [0.25, 0.3) is 11.0 Å². The fraction of sp³-hybridized carbons (Fsp3) is 0.375. The van der Waals surface area contributed by atoms with Crippen molar-refractivity contribution in [2.45, 2.75) is 25.7 Å². The molecule has 1 aliphatic heterocycles. The quantitative estimate of drug-likeness (QED) is 0.733. The molecule has 22 heavy (non-hydrogen) atoms. The highest BCUT2D eigenvalue weighted by molar-refractivity contribution is 6.32. The molecular weight excluding hydrogens is 304 g/mol. The monoisotopic (exact) mass is 318 g/mol. The first kappa shape index (κ1) is 13.8. The smallest absolute Gasteiger partial charge is 0.231 e. The highest BCUT2D eigenvalue weighted by atomic mass is 35.5. The molecule has 3 aromatic rings. The van der Waals surface area contributed by atoms with Crippen LogP contribution in [0.1, 0.15) is 35.2 Å². The number of furan rings is 1. The van der Waals surface area contributed by atoms with Gasteiger partial charge in [0.2, 0.25) is 5.89 Å². The molecule has 1 unspecified atom stereocenters. The fourth-order valence-electron chi connectivity index (χ4n) is 2.75. The second kappa shape index (κ2) is 5.41. The van der Waals surface area contributed by atoms with E-state index in [0.29, 0.717) is 18.9 Å². The molecule has 0 amide bonds. The van der Waals surface area contributed by atoms with Crippen LogP contribution in [0.3, 0.4) is 0 Å². The van der Waals surface area contributed by atoms with Crippen molar-refractivity contribution in [1.29, 1.82) is 0 Å². The van der Waals surface area contributed by atoms with Crippen LogP contribution in [-0.2, 0) is 11.2 Å². The SMILES string of the molecule is Cc1cc2occ(Cc3nc(C4CCOC4)no3)c2cc1Cl. The first-order valence-corrected chi connectivity index (χ1v) is 7.65. The van der Waals surface area contributed by atoms with Gasteiger partial charge in [0, 0.05) is 28.5 Å². The van der Waals surface area contributed by atoms with E-state index in [4.69, 9.17) is 25.3 Å². The normalized spacial score (nSPS) is 18.4. The molecule has 1 aromatic carbocycles. The number of nitrogens with zero attached hydrogens (tertiary/aromatic N) is 2. The number of hydrogen-bond donors (Lipinski definition) is 0. The van der Waals surface area contributed by atoms with E-state index in [1.807, 2.05) is 19.1 Å². The highest BCUT2D eigenvalue weighted by Crippen LogP contribution is 2.29. The van der Waals surface area contributed by atoms with Crippen molar-refractivity contribution in [3.63, 3.8) is 0 Å². The summed E-state index contributed by atoms with van der Waals surface area (Å²) in [6.07, 6.45) is 3.21. The molecule has 1 atom stereocenters. The number of halogens is 1. The van der Waals surface area contributed by atoms with E-state index in [-0.39, 0.29) is 5.92 Å². The third-order valence-corrected chi connectivity index (χ3v) is 4.46. The van der Waals surface area contributed by atoms with Crippen molar-refractivity contribution in [3.05, 3.63) is 46.3 Å². The molecule has 1 fully saturated rings. The Balaban J connectivity index is 1.62. The Hall–Kier alpha value is -1.85. The second-order valence-electron chi connectivity index (χ2n) is 5.64. The van der Waals surface area contributed by atoms with Gasteiger partial charge in [-0.15, -0.1) is 0 Å². The maximum atomic E-state index is 6.20. The zero-order valence-electron chi connectivity index (χ0n) is 12.1. The summed E-state index contributed by atoms with van der Waals surface area (Å²) in [5.41, 5.74) is 2.81. The molecule has 3 heterocycles. The molecule has 6 heteroatoms. The minimum absolute atomic E-state index is 0.246. The third kappa shape index (κ3) is 2.40. The van der Waals surface area contributed by atoms with Gasteiger partial charge in [0.1, 0.15) is 5.58 Å². The molecule has 1 aliphatic rings. The molecule has 0 bridgehead atoms. The number of aryl methyl sites for hydroxylation is 1. The minimum atomic E-state index is 0.246. The second-order valence-corrected chi connectivity index (χ2v) is 6.05. The van der Waals surface area contributed by atoms with Crippen LogP contribution in [-0.4, -0.2) is 23.4 Å². The Morgan fingerprint density at radius 2 is 2.27 bits per heavy atom. The third-order valence-electron chi connectivity index (χ3n) is 4.06. The standard InChI is InChI=1S/C16H15ClN2O3/c1-9-4-14-12(6-13(9)17)11(8-21-14)5-15-18-16(19-22-15)10-2-3-20-7-10/h4,6,8,10H,2-3,5,7H2,1H3. The van der Waals surface area contributed by atoms with E-state index >= 15 is 0 Å². The summed E-state index contributed by atoms with van der Waals surface area (Å²) in [6, 6.07) is 3.86. The summed E-state index contributed by atoms with van der Waals surface area (Å²) in [6.45, 7) is 3.39. The van der Waals surface area contributed by atoms with Gasteiger partial charge in [0.15, 0.2) is 5.82 Å². The molecule has 0 radical (unpaired) electrons. The van der Waals surface area contributed by atoms with Gasteiger partial charge >= 0.3 is 0 Å². The van der Waals surface area contributed by atoms with E-state index in [2.05, 4.69) is 10.1 Å². The number of ether oxygens (including phenoxy) is 1. The minimum Gasteiger partial charge on any atom is -0.464 e. The average Bonchev–Trinajstić information content (AvgIpc) is 3.22. The van der Waals surface area contributed by atoms with Crippen LogP contribution in [0, 0.1) is 6.92 Å². The van der Waals surface area contributed by atoms with Gasteiger partial charge in [0.05, 0.1) is 19.3 Å². The first-order valence-electron chi connectivity index (χ1n) is 7.27. The first-order chi connectivity index (χ1) is 10.7. The lowest BCUT2D eigenvalue weighted by Gasteiger charge is -1.99. The predicted molar refractivity (Wildman–Crippen MR) is 81.2 cm³/mol. The van der Waals surface area contributed by atoms with Crippen LogP contribution in [0.2, 0.25) is 5.02 Å².